The van der Waals surface area contributed by atoms with Crippen molar-refractivity contribution in [3.05, 3.63) is 64.3 Å². The van der Waals surface area contributed by atoms with Crippen molar-refractivity contribution in [3.63, 3.8) is 0 Å². The molecule has 0 aliphatic carbocycles. The Bertz CT molecular complexity index is 1130. The van der Waals surface area contributed by atoms with E-state index >= 15 is 0 Å². The lowest BCUT2D eigenvalue weighted by Crippen LogP contribution is -2.44. The summed E-state index contributed by atoms with van der Waals surface area (Å²) in [7, 11) is 0. The number of ether oxygens (including phenoxy) is 1. The molecule has 1 fully saturated rings. The van der Waals surface area contributed by atoms with E-state index in [0.29, 0.717) is 29.6 Å². The quantitative estimate of drug-likeness (QED) is 0.748. The largest absolute Gasteiger partial charge is 0.470 e. The SMILES string of the molecule is N#Cc1nccnc1O[C@H]1CCCN(C(=O)c2cc(=O)[nH]c3ccccc23)C1. The molecule has 0 bridgehead atoms. The van der Waals surface area contributed by atoms with Gasteiger partial charge in [0.1, 0.15) is 12.2 Å². The van der Waals surface area contributed by atoms with Gasteiger partial charge in [0.15, 0.2) is 0 Å². The van der Waals surface area contributed by atoms with Gasteiger partial charge in [-0.15, -0.1) is 0 Å². The van der Waals surface area contributed by atoms with E-state index in [9.17, 15) is 9.59 Å². The number of piperidine rings is 1. The molecule has 3 aromatic rings. The predicted octanol–water partition coefficient (Wildman–Crippen LogP) is 1.87. The van der Waals surface area contributed by atoms with Crippen LogP contribution in [0.4, 0.5) is 0 Å². The van der Waals surface area contributed by atoms with Crippen LogP contribution < -0.4 is 10.3 Å². The van der Waals surface area contributed by atoms with E-state index in [1.807, 2.05) is 24.3 Å². The van der Waals surface area contributed by atoms with Gasteiger partial charge in [-0.2, -0.15) is 5.26 Å². The first-order chi connectivity index (χ1) is 13.7. The number of amides is 1. The number of para-hydroxylation sites is 1. The molecule has 4 rings (SSSR count). The van der Waals surface area contributed by atoms with Crippen LogP contribution in [-0.2, 0) is 0 Å². The van der Waals surface area contributed by atoms with E-state index in [2.05, 4.69) is 15.0 Å². The Labute approximate surface area is 160 Å². The number of nitrogens with one attached hydrogen (secondary N) is 1. The fourth-order valence-corrected chi connectivity index (χ4v) is 3.42. The number of H-pyrrole nitrogens is 1. The lowest BCUT2D eigenvalue weighted by atomic mass is 10.0. The van der Waals surface area contributed by atoms with E-state index < -0.39 is 0 Å². The number of carbonyl (C=O) groups is 1. The van der Waals surface area contributed by atoms with Crippen molar-refractivity contribution in [2.45, 2.75) is 18.9 Å². The number of rotatable bonds is 3. The number of pyridine rings is 1. The molecular formula is C20H17N5O3. The van der Waals surface area contributed by atoms with E-state index in [0.717, 1.165) is 12.8 Å². The van der Waals surface area contributed by atoms with Crippen molar-refractivity contribution >= 4 is 16.8 Å². The molecule has 2 aromatic heterocycles. The Morgan fingerprint density at radius 1 is 1.29 bits per heavy atom. The molecule has 1 atom stereocenters. The first-order valence-electron chi connectivity index (χ1n) is 8.95. The predicted molar refractivity (Wildman–Crippen MR) is 101 cm³/mol. The molecule has 1 saturated heterocycles. The number of nitrogens with zero attached hydrogens (tertiary/aromatic N) is 4. The maximum Gasteiger partial charge on any atom is 0.254 e. The van der Waals surface area contributed by atoms with Gasteiger partial charge in [0.25, 0.3) is 11.8 Å². The van der Waals surface area contributed by atoms with Crippen LogP contribution in [0.3, 0.4) is 0 Å². The van der Waals surface area contributed by atoms with Crippen LogP contribution in [0.25, 0.3) is 10.9 Å². The third-order valence-corrected chi connectivity index (χ3v) is 4.70. The molecule has 1 aliphatic rings. The normalized spacial score (nSPS) is 16.5. The summed E-state index contributed by atoms with van der Waals surface area (Å²) in [5.41, 5.74) is 0.801. The highest BCUT2D eigenvalue weighted by molar-refractivity contribution is 6.06. The van der Waals surface area contributed by atoms with Crippen LogP contribution in [0, 0.1) is 11.3 Å². The number of aromatic amines is 1. The van der Waals surface area contributed by atoms with Gasteiger partial charge in [-0.1, -0.05) is 18.2 Å². The summed E-state index contributed by atoms with van der Waals surface area (Å²) in [6.07, 6.45) is 4.08. The van der Waals surface area contributed by atoms with E-state index in [-0.39, 0.29) is 29.1 Å². The van der Waals surface area contributed by atoms with Gasteiger partial charge in [0.2, 0.25) is 11.3 Å². The van der Waals surface area contributed by atoms with Crippen molar-refractivity contribution in [2.75, 3.05) is 13.1 Å². The summed E-state index contributed by atoms with van der Waals surface area (Å²) in [4.78, 5) is 37.5. The molecule has 1 N–H and O–H groups in total. The van der Waals surface area contributed by atoms with Crippen molar-refractivity contribution in [1.29, 1.82) is 5.26 Å². The van der Waals surface area contributed by atoms with Crippen LogP contribution >= 0.6 is 0 Å². The minimum absolute atomic E-state index is 0.117. The lowest BCUT2D eigenvalue weighted by molar-refractivity contribution is 0.0527. The highest BCUT2D eigenvalue weighted by Crippen LogP contribution is 2.22. The smallest absolute Gasteiger partial charge is 0.254 e. The molecule has 0 unspecified atom stereocenters. The van der Waals surface area contributed by atoms with Crippen LogP contribution in [-0.4, -0.2) is 45.0 Å². The lowest BCUT2D eigenvalue weighted by Gasteiger charge is -2.32. The number of hydrogen-bond acceptors (Lipinski definition) is 6. The number of nitriles is 1. The number of fused-ring (bicyclic) bond motifs is 1. The summed E-state index contributed by atoms with van der Waals surface area (Å²) in [5.74, 6) is -0.0406. The minimum Gasteiger partial charge on any atom is -0.470 e. The van der Waals surface area contributed by atoms with E-state index in [4.69, 9.17) is 10.00 Å². The van der Waals surface area contributed by atoms with Gasteiger partial charge in [-0.05, 0) is 18.9 Å². The molecule has 0 radical (unpaired) electrons. The number of benzene rings is 1. The Hall–Kier alpha value is -3.73. The van der Waals surface area contributed by atoms with E-state index in [1.54, 1.807) is 11.0 Å². The molecule has 1 aromatic carbocycles. The summed E-state index contributed by atoms with van der Waals surface area (Å²) in [5, 5.41) is 9.84. The van der Waals surface area contributed by atoms with Crippen LogP contribution in [0.1, 0.15) is 28.9 Å². The minimum atomic E-state index is -0.315. The fourth-order valence-electron chi connectivity index (χ4n) is 3.42. The van der Waals surface area contributed by atoms with Crippen LogP contribution in [0.15, 0.2) is 47.5 Å². The zero-order valence-corrected chi connectivity index (χ0v) is 15.0. The van der Waals surface area contributed by atoms with Gasteiger partial charge >= 0.3 is 0 Å². The summed E-state index contributed by atoms with van der Waals surface area (Å²) in [6.45, 7) is 0.923. The molecule has 0 spiro atoms. The van der Waals surface area contributed by atoms with E-state index in [1.165, 1.54) is 18.5 Å². The average Bonchev–Trinajstić information content (AvgIpc) is 2.73. The van der Waals surface area contributed by atoms with Gasteiger partial charge in [-0.3, -0.25) is 9.59 Å². The maximum atomic E-state index is 13.1. The van der Waals surface area contributed by atoms with Crippen molar-refractivity contribution in [2.24, 2.45) is 0 Å². The molecular weight excluding hydrogens is 358 g/mol. The summed E-state index contributed by atoms with van der Waals surface area (Å²) < 4.78 is 5.85. The Kier molecular flexibility index (Phi) is 4.72. The molecule has 8 heteroatoms. The maximum absolute atomic E-state index is 13.1. The highest BCUT2D eigenvalue weighted by Gasteiger charge is 2.27. The molecule has 1 amide bonds. The van der Waals surface area contributed by atoms with Crippen molar-refractivity contribution in [3.8, 4) is 11.9 Å². The van der Waals surface area contributed by atoms with Crippen LogP contribution in [0.2, 0.25) is 0 Å². The number of carbonyl (C=O) groups excluding carboxylic acids is 1. The number of hydrogen-bond donors (Lipinski definition) is 1. The first kappa shape index (κ1) is 17.7. The number of aromatic nitrogens is 3. The molecule has 1 aliphatic heterocycles. The average molecular weight is 375 g/mol. The highest BCUT2D eigenvalue weighted by atomic mass is 16.5. The fraction of sp³-hybridized carbons (Fsp3) is 0.250. The third kappa shape index (κ3) is 3.42. The monoisotopic (exact) mass is 375 g/mol. The second-order valence-electron chi connectivity index (χ2n) is 6.55. The second kappa shape index (κ2) is 7.48. The zero-order chi connectivity index (χ0) is 19.5. The number of likely N-dealkylation sites (tertiary alicyclic amines) is 1. The second-order valence-corrected chi connectivity index (χ2v) is 6.55. The van der Waals surface area contributed by atoms with Crippen LogP contribution in [0.5, 0.6) is 5.88 Å². The zero-order valence-electron chi connectivity index (χ0n) is 15.0. The Morgan fingerprint density at radius 3 is 2.96 bits per heavy atom. The molecule has 28 heavy (non-hydrogen) atoms. The Morgan fingerprint density at radius 2 is 2.11 bits per heavy atom. The summed E-state index contributed by atoms with van der Waals surface area (Å²) in [6, 6.07) is 10.5. The van der Waals surface area contributed by atoms with Gasteiger partial charge in [0.05, 0.1) is 12.1 Å². The van der Waals surface area contributed by atoms with Crippen molar-refractivity contribution < 1.29 is 9.53 Å². The van der Waals surface area contributed by atoms with Crippen molar-refractivity contribution in [1.82, 2.24) is 19.9 Å². The molecule has 3 heterocycles. The Balaban J connectivity index is 1.58. The topological polar surface area (TPSA) is 112 Å². The third-order valence-electron chi connectivity index (χ3n) is 4.70. The van der Waals surface area contributed by atoms with Gasteiger partial charge < -0.3 is 14.6 Å². The standard InChI is InChI=1S/C20H17N5O3/c21-11-17-19(23-8-7-22-17)28-13-4-3-9-25(12-13)20(27)15-10-18(26)24-16-6-2-1-5-14(15)16/h1-2,5-8,10,13H,3-4,9,12H2,(H,24,26)/t13-/m0/s1. The summed E-state index contributed by atoms with van der Waals surface area (Å²) >= 11 is 0. The first-order valence-corrected chi connectivity index (χ1v) is 8.95. The molecule has 0 saturated carbocycles. The molecule has 140 valence electrons. The van der Waals surface area contributed by atoms with Gasteiger partial charge in [-0.25, -0.2) is 9.97 Å². The van der Waals surface area contributed by atoms with Gasteiger partial charge in [0, 0.05) is 35.9 Å². The molecule has 8 nitrogen and oxygen atoms in total.